The molecule has 8 heterocycles. The number of anilines is 1. The number of likely N-dealkylation sites (tertiary alicyclic amines) is 1. The molecule has 0 unspecified atom stereocenters. The van der Waals surface area contributed by atoms with Crippen LogP contribution in [0.2, 0.25) is 0 Å². The third-order valence-electron chi connectivity index (χ3n) is 12.6. The molecule has 11 nitrogen and oxygen atoms in total. The zero-order chi connectivity index (χ0) is 37.5. The van der Waals surface area contributed by atoms with Gasteiger partial charge in [0.1, 0.15) is 35.3 Å². The fourth-order valence-electron chi connectivity index (χ4n) is 9.84. The van der Waals surface area contributed by atoms with Crippen LogP contribution in [0.5, 0.6) is 6.01 Å². The highest BCUT2D eigenvalue weighted by atomic mass is 19.2. The number of aromatic nitrogens is 3. The van der Waals surface area contributed by atoms with Crippen LogP contribution < -0.4 is 9.64 Å². The molecule has 0 radical (unpaired) electrons. The van der Waals surface area contributed by atoms with Crippen molar-refractivity contribution in [1.82, 2.24) is 29.7 Å². The van der Waals surface area contributed by atoms with Crippen LogP contribution in [0.25, 0.3) is 32.9 Å². The number of nitrogens with zero attached hydrogens (tertiary/aromatic N) is 7. The zero-order valence-electron chi connectivity index (χ0n) is 30.2. The molecule has 1 amide bonds. The number of morpholine rings is 1. The molecule has 2 bridgehead atoms. The van der Waals surface area contributed by atoms with Gasteiger partial charge in [0, 0.05) is 75.0 Å². The molecule has 6 aliphatic rings. The molecule has 15 heteroatoms. The summed E-state index contributed by atoms with van der Waals surface area (Å²) in [6.45, 7) is 5.28. The number of fused-ring (bicyclic) bond motifs is 5. The number of carbonyl (C=O) groups is 1. The quantitative estimate of drug-likeness (QED) is 0.187. The van der Waals surface area contributed by atoms with E-state index in [0.717, 1.165) is 45.0 Å². The van der Waals surface area contributed by atoms with Crippen LogP contribution in [0.4, 0.5) is 23.4 Å². The lowest BCUT2D eigenvalue weighted by atomic mass is 9.91. The van der Waals surface area contributed by atoms with Crippen molar-refractivity contribution in [2.45, 2.75) is 55.1 Å². The number of amides is 1. The Hall–Kier alpha value is -4.44. The normalized spacial score (nSPS) is 27.6. The fraction of sp³-hybridized carbons (Fsp3) is 0.500. The number of piperazine rings is 1. The number of halogens is 4. The molecule has 10 rings (SSSR count). The van der Waals surface area contributed by atoms with E-state index in [1.165, 1.54) is 18.3 Å². The van der Waals surface area contributed by atoms with Gasteiger partial charge in [-0.15, -0.1) is 0 Å². The Morgan fingerprint density at radius 2 is 1.95 bits per heavy atom. The highest BCUT2D eigenvalue weighted by Crippen LogP contribution is 2.42. The lowest BCUT2D eigenvalue weighted by molar-refractivity contribution is -0.164. The number of ether oxygens (including phenoxy) is 3. The van der Waals surface area contributed by atoms with Gasteiger partial charge in [0.25, 0.3) is 0 Å². The summed E-state index contributed by atoms with van der Waals surface area (Å²) in [6, 6.07) is 7.54. The summed E-state index contributed by atoms with van der Waals surface area (Å²) in [6.07, 6.45) is 7.39. The Morgan fingerprint density at radius 3 is 2.75 bits per heavy atom. The van der Waals surface area contributed by atoms with Gasteiger partial charge in [-0.1, -0.05) is 30.3 Å². The number of hydrogen-bond donors (Lipinski definition) is 0. The predicted molar refractivity (Wildman–Crippen MR) is 195 cm³/mol. The van der Waals surface area contributed by atoms with Gasteiger partial charge in [-0.3, -0.25) is 19.6 Å². The largest absolute Gasteiger partial charge is 0.461 e. The SMILES string of the molecule is O=C(/C=C/CN1C[C@H]2C[C@@H]1CO2)N1CCN(c2nc(OC[C@@]34CCCN3C[C@H](F)C4)nc3c(F)c(-c4cccc5ccc(F)c(F)c45)ncc23)CC12COC2. The first-order valence-corrected chi connectivity index (χ1v) is 19.1. The molecular formula is C40H41F4N7O4. The zero-order valence-corrected chi connectivity index (χ0v) is 30.2. The second-order valence-corrected chi connectivity index (χ2v) is 16.0. The number of alkyl halides is 1. The van der Waals surface area contributed by atoms with Gasteiger partial charge in [-0.05, 0) is 37.3 Å². The molecule has 6 saturated heterocycles. The summed E-state index contributed by atoms with van der Waals surface area (Å²) in [7, 11) is 0. The third kappa shape index (κ3) is 5.84. The van der Waals surface area contributed by atoms with Crippen molar-refractivity contribution in [3.05, 3.63) is 66.1 Å². The van der Waals surface area contributed by atoms with Crippen LogP contribution in [0.1, 0.15) is 25.7 Å². The van der Waals surface area contributed by atoms with Crippen molar-refractivity contribution in [3.8, 4) is 17.3 Å². The van der Waals surface area contributed by atoms with Gasteiger partial charge in [0.2, 0.25) is 5.91 Å². The predicted octanol–water partition coefficient (Wildman–Crippen LogP) is 4.66. The molecule has 6 fully saturated rings. The maximum Gasteiger partial charge on any atom is 0.319 e. The van der Waals surface area contributed by atoms with Crippen molar-refractivity contribution >= 4 is 33.4 Å². The van der Waals surface area contributed by atoms with Gasteiger partial charge in [0.15, 0.2) is 17.5 Å². The smallest absolute Gasteiger partial charge is 0.319 e. The van der Waals surface area contributed by atoms with E-state index in [4.69, 9.17) is 19.2 Å². The number of carbonyl (C=O) groups excluding carboxylic acids is 1. The summed E-state index contributed by atoms with van der Waals surface area (Å²) < 4.78 is 79.0. The Balaban J connectivity index is 0.990. The van der Waals surface area contributed by atoms with Crippen molar-refractivity contribution < 1.29 is 36.6 Å². The molecule has 288 valence electrons. The third-order valence-corrected chi connectivity index (χ3v) is 12.6. The molecule has 0 N–H and O–H groups in total. The summed E-state index contributed by atoms with van der Waals surface area (Å²) in [5, 5.41) is 0.593. The molecule has 4 atom stereocenters. The van der Waals surface area contributed by atoms with Crippen LogP contribution in [-0.4, -0.2) is 137 Å². The first kappa shape index (κ1) is 35.0. The fourth-order valence-corrected chi connectivity index (χ4v) is 9.84. The first-order chi connectivity index (χ1) is 26.7. The van der Waals surface area contributed by atoms with Crippen molar-refractivity contribution in [3.63, 3.8) is 0 Å². The van der Waals surface area contributed by atoms with E-state index in [1.807, 2.05) is 15.9 Å². The number of hydrogen-bond acceptors (Lipinski definition) is 10. The summed E-state index contributed by atoms with van der Waals surface area (Å²) >= 11 is 0. The maximum atomic E-state index is 16.9. The van der Waals surface area contributed by atoms with Crippen molar-refractivity contribution in [2.24, 2.45) is 0 Å². The number of benzene rings is 2. The Morgan fingerprint density at radius 1 is 1.05 bits per heavy atom. The minimum absolute atomic E-state index is 0.0771. The van der Waals surface area contributed by atoms with Gasteiger partial charge in [-0.25, -0.2) is 17.6 Å². The monoisotopic (exact) mass is 759 g/mol. The number of pyridine rings is 1. The molecule has 2 aromatic carbocycles. The van der Waals surface area contributed by atoms with E-state index in [9.17, 15) is 13.6 Å². The minimum atomic E-state index is -1.10. The van der Waals surface area contributed by atoms with Crippen molar-refractivity contribution in [1.29, 1.82) is 0 Å². The summed E-state index contributed by atoms with van der Waals surface area (Å²) in [5.74, 6) is -2.73. The first-order valence-electron chi connectivity index (χ1n) is 19.1. The standard InChI is InChI=1S/C40H41F4N7O4/c41-25-15-39(9-3-11-50(39)17-25)23-55-38-46-36-29(16-45-35(34(36)44)28-5-1-4-24-7-8-30(42)33(43)32(24)28)37(47-38)49-12-13-51(40(20-49)21-53-22-40)31(52)6-2-10-48-18-27-14-26(48)19-54-27/h1-2,4-8,16,25-27H,3,9-15,17-23H2/b6-2+/t25-,26-,27-,39+/m1/s1. The van der Waals surface area contributed by atoms with Crippen LogP contribution >= 0.6 is 0 Å². The van der Waals surface area contributed by atoms with Crippen LogP contribution in [0.15, 0.2) is 48.7 Å². The topological polar surface area (TPSA) is 96.4 Å². The van der Waals surface area contributed by atoms with E-state index in [2.05, 4.69) is 19.8 Å². The highest BCUT2D eigenvalue weighted by Gasteiger charge is 2.51. The van der Waals surface area contributed by atoms with Crippen molar-refractivity contribution in [2.75, 3.05) is 77.1 Å². The Kier molecular flexibility index (Phi) is 8.50. The second kappa shape index (κ2) is 13.4. The van der Waals surface area contributed by atoms with E-state index in [1.54, 1.807) is 18.2 Å². The molecular weight excluding hydrogens is 718 g/mol. The van der Waals surface area contributed by atoms with Gasteiger partial charge < -0.3 is 24.0 Å². The average Bonchev–Trinajstić information content (AvgIpc) is 3.96. The molecule has 6 aliphatic heterocycles. The van der Waals surface area contributed by atoms with Gasteiger partial charge >= 0.3 is 6.01 Å². The van der Waals surface area contributed by atoms with E-state index in [0.29, 0.717) is 75.0 Å². The van der Waals surface area contributed by atoms with Crippen LogP contribution in [0.3, 0.4) is 0 Å². The van der Waals surface area contributed by atoms with Gasteiger partial charge in [-0.2, -0.15) is 9.97 Å². The maximum absolute atomic E-state index is 16.9. The van der Waals surface area contributed by atoms with Crippen LogP contribution in [-0.2, 0) is 14.3 Å². The van der Waals surface area contributed by atoms with Crippen LogP contribution in [0, 0.1) is 17.5 Å². The molecule has 4 aromatic rings. The second-order valence-electron chi connectivity index (χ2n) is 16.0. The molecule has 55 heavy (non-hydrogen) atoms. The van der Waals surface area contributed by atoms with E-state index >= 15 is 8.78 Å². The summed E-state index contributed by atoms with van der Waals surface area (Å²) in [5.41, 5.74) is -1.36. The van der Waals surface area contributed by atoms with E-state index in [-0.39, 0.29) is 46.8 Å². The molecule has 2 aromatic heterocycles. The average molecular weight is 760 g/mol. The highest BCUT2D eigenvalue weighted by molar-refractivity contribution is 5.99. The Bertz CT molecular complexity index is 2220. The minimum Gasteiger partial charge on any atom is -0.461 e. The Labute approximate surface area is 314 Å². The number of rotatable bonds is 8. The molecule has 0 aliphatic carbocycles. The van der Waals surface area contributed by atoms with E-state index < -0.39 is 34.7 Å². The lowest BCUT2D eigenvalue weighted by Crippen LogP contribution is -2.72. The lowest BCUT2D eigenvalue weighted by Gasteiger charge is -2.55. The summed E-state index contributed by atoms with van der Waals surface area (Å²) in [4.78, 5) is 35.8. The molecule has 1 spiro atoms. The molecule has 0 saturated carbocycles. The van der Waals surface area contributed by atoms with Gasteiger partial charge in [0.05, 0.1) is 36.8 Å².